The van der Waals surface area contributed by atoms with Crippen molar-refractivity contribution < 1.29 is 9.15 Å². The summed E-state index contributed by atoms with van der Waals surface area (Å²) in [6.07, 6.45) is 2.91. The van der Waals surface area contributed by atoms with Gasteiger partial charge in [-0.3, -0.25) is 0 Å². The first-order chi connectivity index (χ1) is 9.29. The van der Waals surface area contributed by atoms with Crippen LogP contribution in [-0.4, -0.2) is 9.97 Å². The van der Waals surface area contributed by atoms with Gasteiger partial charge < -0.3 is 9.15 Å². The van der Waals surface area contributed by atoms with Gasteiger partial charge in [-0.25, -0.2) is 9.97 Å². The highest BCUT2D eigenvalue weighted by Crippen LogP contribution is 2.36. The molecule has 3 aromatic rings. The molecule has 0 saturated carbocycles. The quantitative estimate of drug-likeness (QED) is 0.713. The standard InChI is InChI=1S/C13H6ClN3O2/c14-12-13(17-6-5-16-12)19-11-8-3-1-2-4-9(8)18-10(11)7-15/h1-6H. The van der Waals surface area contributed by atoms with Crippen LogP contribution in [0.15, 0.2) is 41.1 Å². The number of fused-ring (bicyclic) bond motifs is 1. The van der Waals surface area contributed by atoms with Crippen molar-refractivity contribution >= 4 is 22.6 Å². The van der Waals surface area contributed by atoms with Crippen LogP contribution < -0.4 is 4.74 Å². The maximum absolute atomic E-state index is 9.07. The lowest BCUT2D eigenvalue weighted by Gasteiger charge is -2.03. The molecule has 92 valence electrons. The SMILES string of the molecule is N#Cc1oc2ccccc2c1Oc1nccnc1Cl. The van der Waals surface area contributed by atoms with Gasteiger partial charge in [0, 0.05) is 12.4 Å². The zero-order chi connectivity index (χ0) is 13.2. The Labute approximate surface area is 113 Å². The van der Waals surface area contributed by atoms with E-state index in [1.807, 2.05) is 18.2 Å². The molecule has 0 aliphatic carbocycles. The van der Waals surface area contributed by atoms with Gasteiger partial charge in [-0.05, 0) is 12.1 Å². The molecule has 5 nitrogen and oxygen atoms in total. The number of para-hydroxylation sites is 1. The van der Waals surface area contributed by atoms with Gasteiger partial charge in [-0.2, -0.15) is 5.26 Å². The minimum absolute atomic E-state index is 0.0721. The van der Waals surface area contributed by atoms with Crippen LogP contribution in [0.2, 0.25) is 5.15 Å². The Bertz CT molecular complexity index is 792. The van der Waals surface area contributed by atoms with E-state index < -0.39 is 0 Å². The topological polar surface area (TPSA) is 71.9 Å². The fourth-order valence-corrected chi connectivity index (χ4v) is 1.81. The van der Waals surface area contributed by atoms with Crippen LogP contribution >= 0.6 is 11.6 Å². The predicted molar refractivity (Wildman–Crippen MR) is 68.0 cm³/mol. The van der Waals surface area contributed by atoms with Crippen LogP contribution in [0.3, 0.4) is 0 Å². The highest BCUT2D eigenvalue weighted by molar-refractivity contribution is 6.30. The minimum Gasteiger partial charge on any atom is -0.442 e. The number of nitriles is 1. The average molecular weight is 272 g/mol. The largest absolute Gasteiger partial charge is 0.442 e. The molecule has 0 saturated heterocycles. The lowest BCUT2D eigenvalue weighted by molar-refractivity contribution is 0.448. The number of furan rings is 1. The first-order valence-electron chi connectivity index (χ1n) is 5.35. The first-order valence-corrected chi connectivity index (χ1v) is 5.73. The summed E-state index contributed by atoms with van der Waals surface area (Å²) in [7, 11) is 0. The predicted octanol–water partition coefficient (Wildman–Crippen LogP) is 3.54. The zero-order valence-corrected chi connectivity index (χ0v) is 10.3. The third kappa shape index (κ3) is 1.98. The fraction of sp³-hybridized carbons (Fsp3) is 0. The average Bonchev–Trinajstić information content (AvgIpc) is 2.79. The number of halogens is 1. The Morgan fingerprint density at radius 2 is 2.00 bits per heavy atom. The first kappa shape index (κ1) is 11.5. The number of hydrogen-bond donors (Lipinski definition) is 0. The molecule has 0 atom stereocenters. The monoisotopic (exact) mass is 271 g/mol. The number of nitrogens with zero attached hydrogens (tertiary/aromatic N) is 3. The number of hydrogen-bond acceptors (Lipinski definition) is 5. The third-order valence-electron chi connectivity index (χ3n) is 2.47. The zero-order valence-electron chi connectivity index (χ0n) is 9.50. The molecular weight excluding hydrogens is 266 g/mol. The van der Waals surface area contributed by atoms with Crippen molar-refractivity contribution in [1.29, 1.82) is 5.26 Å². The molecule has 2 aromatic heterocycles. The molecule has 6 heteroatoms. The van der Waals surface area contributed by atoms with E-state index >= 15 is 0 Å². The van der Waals surface area contributed by atoms with Gasteiger partial charge in [0.25, 0.3) is 5.88 Å². The third-order valence-corrected chi connectivity index (χ3v) is 2.73. The molecule has 0 fully saturated rings. The molecule has 0 spiro atoms. The summed E-state index contributed by atoms with van der Waals surface area (Å²) in [4.78, 5) is 7.83. The summed E-state index contributed by atoms with van der Waals surface area (Å²) in [5.74, 6) is 0.496. The second-order valence-electron chi connectivity index (χ2n) is 3.62. The number of rotatable bonds is 2. The van der Waals surface area contributed by atoms with Crippen molar-refractivity contribution in [2.75, 3.05) is 0 Å². The summed E-state index contributed by atoms with van der Waals surface area (Å²) in [5.41, 5.74) is 0.564. The summed E-state index contributed by atoms with van der Waals surface area (Å²) in [6, 6.07) is 9.12. The fourth-order valence-electron chi connectivity index (χ4n) is 1.67. The second kappa shape index (κ2) is 4.59. The van der Waals surface area contributed by atoms with Crippen LogP contribution in [0.5, 0.6) is 11.6 Å². The summed E-state index contributed by atoms with van der Waals surface area (Å²) < 4.78 is 10.9. The Morgan fingerprint density at radius 1 is 1.21 bits per heavy atom. The van der Waals surface area contributed by atoms with Crippen molar-refractivity contribution in [3.63, 3.8) is 0 Å². The summed E-state index contributed by atoms with van der Waals surface area (Å²) in [6.45, 7) is 0. The molecule has 0 bridgehead atoms. The van der Waals surface area contributed by atoms with Gasteiger partial charge in [-0.15, -0.1) is 0 Å². The molecule has 0 N–H and O–H groups in total. The Balaban J connectivity index is 2.15. The van der Waals surface area contributed by atoms with Gasteiger partial charge >= 0.3 is 0 Å². The van der Waals surface area contributed by atoms with Crippen molar-refractivity contribution in [3.05, 3.63) is 47.6 Å². The number of ether oxygens (including phenoxy) is 1. The van der Waals surface area contributed by atoms with Crippen LogP contribution in [0.4, 0.5) is 0 Å². The Morgan fingerprint density at radius 3 is 2.79 bits per heavy atom. The molecule has 2 heterocycles. The van der Waals surface area contributed by atoms with E-state index in [2.05, 4.69) is 9.97 Å². The molecule has 0 unspecified atom stereocenters. The van der Waals surface area contributed by atoms with Crippen molar-refractivity contribution in [3.8, 4) is 17.7 Å². The molecule has 19 heavy (non-hydrogen) atoms. The van der Waals surface area contributed by atoms with E-state index in [0.29, 0.717) is 16.7 Å². The van der Waals surface area contributed by atoms with E-state index in [0.717, 1.165) is 0 Å². The minimum atomic E-state index is 0.0721. The summed E-state index contributed by atoms with van der Waals surface area (Å²) in [5, 5.41) is 9.88. The molecule has 0 radical (unpaired) electrons. The molecule has 0 aliphatic rings. The summed E-state index contributed by atoms with van der Waals surface area (Å²) >= 11 is 5.88. The molecule has 1 aromatic carbocycles. The number of benzene rings is 1. The van der Waals surface area contributed by atoms with Crippen LogP contribution in [-0.2, 0) is 0 Å². The van der Waals surface area contributed by atoms with Crippen molar-refractivity contribution in [2.45, 2.75) is 0 Å². The Kier molecular flexibility index (Phi) is 2.78. The molecule has 3 rings (SSSR count). The maximum Gasteiger partial charge on any atom is 0.257 e. The van der Waals surface area contributed by atoms with E-state index in [1.165, 1.54) is 12.4 Å². The van der Waals surface area contributed by atoms with Gasteiger partial charge in [0.15, 0.2) is 10.9 Å². The lowest BCUT2D eigenvalue weighted by Crippen LogP contribution is -1.91. The Hall–Kier alpha value is -2.58. The van der Waals surface area contributed by atoms with Crippen LogP contribution in [0.1, 0.15) is 5.76 Å². The van der Waals surface area contributed by atoms with Gasteiger partial charge in [0.2, 0.25) is 5.76 Å². The van der Waals surface area contributed by atoms with Gasteiger partial charge in [0.05, 0.1) is 5.39 Å². The van der Waals surface area contributed by atoms with Crippen molar-refractivity contribution in [1.82, 2.24) is 9.97 Å². The second-order valence-corrected chi connectivity index (χ2v) is 3.98. The van der Waals surface area contributed by atoms with E-state index in [-0.39, 0.29) is 16.8 Å². The molecule has 0 amide bonds. The van der Waals surface area contributed by atoms with E-state index in [4.69, 9.17) is 26.0 Å². The van der Waals surface area contributed by atoms with Gasteiger partial charge in [0.1, 0.15) is 11.7 Å². The lowest BCUT2D eigenvalue weighted by atomic mass is 10.2. The maximum atomic E-state index is 9.07. The molecular formula is C13H6ClN3O2. The van der Waals surface area contributed by atoms with Crippen LogP contribution in [0.25, 0.3) is 11.0 Å². The smallest absolute Gasteiger partial charge is 0.257 e. The van der Waals surface area contributed by atoms with Crippen LogP contribution in [0, 0.1) is 11.3 Å². The highest BCUT2D eigenvalue weighted by atomic mass is 35.5. The van der Waals surface area contributed by atoms with E-state index in [9.17, 15) is 0 Å². The highest BCUT2D eigenvalue weighted by Gasteiger charge is 2.17. The number of aromatic nitrogens is 2. The molecule has 0 aliphatic heterocycles. The normalized spacial score (nSPS) is 10.3. The van der Waals surface area contributed by atoms with Gasteiger partial charge in [-0.1, -0.05) is 23.7 Å². The van der Waals surface area contributed by atoms with Crippen molar-refractivity contribution in [2.24, 2.45) is 0 Å². The van der Waals surface area contributed by atoms with E-state index in [1.54, 1.807) is 12.1 Å².